The molecule has 8 rings (SSSR count). The zero-order valence-electron chi connectivity index (χ0n) is 34.9. The molecule has 348 valence electrons. The standard InChI is InChI=1S/2C17H13ClN4.3C4H4O4/c2*18-14-3-1-2-12(8-14)17(22-7-6-19-11-22)13-4-5-15-16(9-13)21-10-20-15;3*5-3(6)1-2-4(7)8/h2*1-11,17H,(H,20,21);3*1-2H,(H,5,6)(H,7,8)/b;;3*2-1+. The number of nitrogens with one attached hydrogen (secondary N) is 2. The van der Waals surface area contributed by atoms with Crippen molar-refractivity contribution in [3.63, 3.8) is 0 Å². The number of fused-ring (bicyclic) bond motifs is 2. The van der Waals surface area contributed by atoms with E-state index >= 15 is 0 Å². The number of aromatic amines is 2. The third-order valence-electron chi connectivity index (χ3n) is 8.60. The first-order valence-corrected chi connectivity index (χ1v) is 20.0. The number of carboxylic acids is 6. The fraction of sp³-hybridized carbons (Fsp3) is 0.0435. The predicted molar refractivity (Wildman–Crippen MR) is 247 cm³/mol. The van der Waals surface area contributed by atoms with Crippen molar-refractivity contribution < 1.29 is 59.4 Å². The van der Waals surface area contributed by atoms with Gasteiger partial charge in [-0.15, -0.1) is 0 Å². The second-order valence-corrected chi connectivity index (χ2v) is 14.2. The van der Waals surface area contributed by atoms with Crippen molar-refractivity contribution in [1.29, 1.82) is 0 Å². The lowest BCUT2D eigenvalue weighted by Gasteiger charge is -2.20. The van der Waals surface area contributed by atoms with Gasteiger partial charge in [-0.2, -0.15) is 0 Å². The molecule has 2 atom stereocenters. The molecule has 22 heteroatoms. The molecule has 0 aliphatic heterocycles. The zero-order valence-corrected chi connectivity index (χ0v) is 36.4. The highest BCUT2D eigenvalue weighted by molar-refractivity contribution is 6.31. The van der Waals surface area contributed by atoms with Crippen molar-refractivity contribution in [3.8, 4) is 0 Å². The minimum Gasteiger partial charge on any atom is -0.478 e. The highest BCUT2D eigenvalue weighted by atomic mass is 35.5. The molecule has 0 saturated heterocycles. The number of carboxylic acid groups (broad SMARTS) is 6. The molecular formula is C46H38Cl2N8O12. The van der Waals surface area contributed by atoms with Crippen LogP contribution in [0.2, 0.25) is 10.0 Å². The Labute approximate surface area is 394 Å². The van der Waals surface area contributed by atoms with Crippen LogP contribution in [0.1, 0.15) is 34.3 Å². The molecule has 0 bridgehead atoms. The fourth-order valence-electron chi connectivity index (χ4n) is 5.95. The van der Waals surface area contributed by atoms with E-state index in [1.54, 1.807) is 25.0 Å². The Morgan fingerprint density at radius 3 is 1.07 bits per heavy atom. The lowest BCUT2D eigenvalue weighted by Crippen LogP contribution is -2.10. The Bertz CT molecular complexity index is 2770. The van der Waals surface area contributed by atoms with Crippen LogP contribution in [-0.2, 0) is 28.8 Å². The van der Waals surface area contributed by atoms with Crippen LogP contribution < -0.4 is 0 Å². The molecule has 8 N–H and O–H groups in total. The molecule has 4 heterocycles. The molecule has 4 aromatic carbocycles. The van der Waals surface area contributed by atoms with E-state index < -0.39 is 35.8 Å². The predicted octanol–water partition coefficient (Wildman–Crippen LogP) is 7.24. The van der Waals surface area contributed by atoms with Gasteiger partial charge in [0.15, 0.2) is 0 Å². The van der Waals surface area contributed by atoms with E-state index in [9.17, 15) is 28.8 Å². The topological polar surface area (TPSA) is 317 Å². The smallest absolute Gasteiger partial charge is 0.328 e. The first-order chi connectivity index (χ1) is 32.5. The van der Waals surface area contributed by atoms with Gasteiger partial charge in [-0.1, -0.05) is 59.6 Å². The van der Waals surface area contributed by atoms with E-state index in [0.29, 0.717) is 36.5 Å². The van der Waals surface area contributed by atoms with E-state index in [2.05, 4.69) is 75.4 Å². The normalized spacial score (nSPS) is 11.5. The van der Waals surface area contributed by atoms with E-state index in [-0.39, 0.29) is 12.1 Å². The molecule has 0 fully saturated rings. The number of hydrogen-bond donors (Lipinski definition) is 8. The van der Waals surface area contributed by atoms with Crippen molar-refractivity contribution in [2.45, 2.75) is 12.1 Å². The van der Waals surface area contributed by atoms with E-state index in [4.69, 9.17) is 53.8 Å². The van der Waals surface area contributed by atoms with Crippen LogP contribution in [-0.4, -0.2) is 105 Å². The third-order valence-corrected chi connectivity index (χ3v) is 9.07. The van der Waals surface area contributed by atoms with Crippen LogP contribution in [0.5, 0.6) is 0 Å². The molecule has 68 heavy (non-hydrogen) atoms. The Hall–Kier alpha value is -9.14. The molecule has 0 aliphatic rings. The lowest BCUT2D eigenvalue weighted by atomic mass is 9.98. The highest BCUT2D eigenvalue weighted by Gasteiger charge is 2.18. The number of benzene rings is 4. The molecule has 8 aromatic rings. The minimum atomic E-state index is -1.26. The molecule has 0 aliphatic carbocycles. The molecular weight excluding hydrogens is 927 g/mol. The van der Waals surface area contributed by atoms with Crippen LogP contribution in [0, 0.1) is 0 Å². The molecule has 4 aromatic heterocycles. The van der Waals surface area contributed by atoms with Crippen molar-refractivity contribution in [1.82, 2.24) is 39.0 Å². The van der Waals surface area contributed by atoms with E-state index in [1.165, 1.54) is 0 Å². The number of hydrogen-bond acceptors (Lipinski definition) is 10. The lowest BCUT2D eigenvalue weighted by molar-refractivity contribution is -0.134. The van der Waals surface area contributed by atoms with Gasteiger partial charge < -0.3 is 49.7 Å². The summed E-state index contributed by atoms with van der Waals surface area (Å²) in [5.74, 6) is -7.54. The van der Waals surface area contributed by atoms with E-state index in [0.717, 1.165) is 54.4 Å². The number of halogens is 2. The summed E-state index contributed by atoms with van der Waals surface area (Å²) in [5.41, 5.74) is 8.48. The summed E-state index contributed by atoms with van der Waals surface area (Å²) in [5, 5.41) is 48.3. The maximum absolute atomic E-state index is 9.55. The molecule has 0 amide bonds. The van der Waals surface area contributed by atoms with Gasteiger partial charge in [0.2, 0.25) is 0 Å². The van der Waals surface area contributed by atoms with Gasteiger partial charge in [-0.05, 0) is 70.8 Å². The molecule has 0 spiro atoms. The van der Waals surface area contributed by atoms with Gasteiger partial charge >= 0.3 is 35.8 Å². The summed E-state index contributed by atoms with van der Waals surface area (Å²) in [6, 6.07) is 28.3. The minimum absolute atomic E-state index is 0.0221. The fourth-order valence-corrected chi connectivity index (χ4v) is 6.34. The van der Waals surface area contributed by atoms with Crippen molar-refractivity contribution in [2.75, 3.05) is 0 Å². The van der Waals surface area contributed by atoms with Gasteiger partial charge in [0.1, 0.15) is 0 Å². The van der Waals surface area contributed by atoms with Gasteiger partial charge in [-0.3, -0.25) is 0 Å². The molecule has 2 unspecified atom stereocenters. The monoisotopic (exact) mass is 964 g/mol. The van der Waals surface area contributed by atoms with Gasteiger partial charge in [0, 0.05) is 71.3 Å². The van der Waals surface area contributed by atoms with Crippen molar-refractivity contribution in [2.24, 2.45) is 0 Å². The number of aromatic nitrogens is 8. The maximum atomic E-state index is 9.55. The maximum Gasteiger partial charge on any atom is 0.328 e. The number of imidazole rings is 4. The number of nitrogens with zero attached hydrogens (tertiary/aromatic N) is 6. The average Bonchev–Trinajstić information content (AvgIpc) is 4.15. The summed E-state index contributed by atoms with van der Waals surface area (Å²) in [4.78, 5) is 80.5. The summed E-state index contributed by atoms with van der Waals surface area (Å²) < 4.78 is 4.15. The molecule has 0 radical (unpaired) electrons. The second kappa shape index (κ2) is 26.0. The van der Waals surface area contributed by atoms with Crippen LogP contribution in [0.4, 0.5) is 0 Å². The van der Waals surface area contributed by atoms with Gasteiger partial charge in [-0.25, -0.2) is 48.7 Å². The largest absolute Gasteiger partial charge is 0.478 e. The average molecular weight is 966 g/mol. The number of rotatable bonds is 12. The quantitative estimate of drug-likeness (QED) is 0.0560. The molecule has 20 nitrogen and oxygen atoms in total. The second-order valence-electron chi connectivity index (χ2n) is 13.3. The Morgan fingerprint density at radius 2 is 0.794 bits per heavy atom. The van der Waals surface area contributed by atoms with Crippen LogP contribution in [0.15, 0.2) is 171 Å². The van der Waals surface area contributed by atoms with Crippen LogP contribution in [0.3, 0.4) is 0 Å². The van der Waals surface area contributed by atoms with Gasteiger partial charge in [0.25, 0.3) is 0 Å². The number of aliphatic carboxylic acids is 6. The highest BCUT2D eigenvalue weighted by Crippen LogP contribution is 2.31. The Balaban J connectivity index is 0.000000204. The molecule has 0 saturated carbocycles. The summed E-state index contributed by atoms with van der Waals surface area (Å²) >= 11 is 12.3. The number of H-pyrrole nitrogens is 2. The third kappa shape index (κ3) is 17.1. The first-order valence-electron chi connectivity index (χ1n) is 19.2. The van der Waals surface area contributed by atoms with Gasteiger partial charge in [0.05, 0.1) is 59.5 Å². The Morgan fingerprint density at radius 1 is 0.471 bits per heavy atom. The van der Waals surface area contributed by atoms with Crippen molar-refractivity contribution in [3.05, 3.63) is 204 Å². The van der Waals surface area contributed by atoms with Crippen LogP contribution >= 0.6 is 23.2 Å². The number of carbonyl (C=O) groups is 6. The first kappa shape index (κ1) is 51.5. The van der Waals surface area contributed by atoms with E-state index in [1.807, 2.05) is 73.6 Å². The summed E-state index contributed by atoms with van der Waals surface area (Å²) in [7, 11) is 0. The Kier molecular flexibility index (Phi) is 19.7. The summed E-state index contributed by atoms with van der Waals surface area (Å²) in [6.07, 6.45) is 17.9. The van der Waals surface area contributed by atoms with Crippen LogP contribution in [0.25, 0.3) is 22.1 Å². The SMILES string of the molecule is Clc1cccc(C(c2ccc3nc[nH]c3c2)n2ccnc2)c1.Clc1cccc(C(c2ccc3nc[nH]c3c2)n2ccnc2)c1.O=C(O)/C=C/C(=O)O.O=C(O)/C=C/C(=O)O.O=C(O)/C=C/C(=O)O. The van der Waals surface area contributed by atoms with Crippen molar-refractivity contribution >= 4 is 81.1 Å². The summed E-state index contributed by atoms with van der Waals surface area (Å²) in [6.45, 7) is 0. The zero-order chi connectivity index (χ0) is 49.6.